The Morgan fingerprint density at radius 1 is 1.05 bits per heavy atom. The molecule has 0 aliphatic carbocycles. The monoisotopic (exact) mass is 393 g/mol. The molecule has 2 N–H and O–H groups in total. The van der Waals surface area contributed by atoms with Crippen LogP contribution in [-0.2, 0) is 0 Å². The van der Waals surface area contributed by atoms with Crippen LogP contribution in [0, 0.1) is 3.57 Å². The number of nitrogens with one attached hydrogen (secondary N) is 2. The zero-order valence-corrected chi connectivity index (χ0v) is 13.3. The van der Waals surface area contributed by atoms with Crippen molar-refractivity contribution >= 4 is 40.2 Å². The summed E-state index contributed by atoms with van der Waals surface area (Å²) < 4.78 is 2.67. The standard InChI is InChI=1S/C13H12IN7/c1-15-11-18-12(17-10-6-3-2-5-9(10)14)20-13(19-11)21-8-4-7-16-21/h2-8H,1H3,(H2,15,17,18,19,20). The van der Waals surface area contributed by atoms with E-state index in [2.05, 4.69) is 53.3 Å². The molecular formula is C13H12IN7. The summed E-state index contributed by atoms with van der Waals surface area (Å²) in [6.45, 7) is 0. The molecular weight excluding hydrogens is 381 g/mol. The Morgan fingerprint density at radius 2 is 1.86 bits per heavy atom. The smallest absolute Gasteiger partial charge is 0.257 e. The van der Waals surface area contributed by atoms with Crippen molar-refractivity contribution in [3.63, 3.8) is 0 Å². The Balaban J connectivity index is 1.99. The van der Waals surface area contributed by atoms with E-state index in [1.54, 1.807) is 24.1 Å². The van der Waals surface area contributed by atoms with E-state index in [1.807, 2.05) is 30.3 Å². The first-order valence-electron chi connectivity index (χ1n) is 6.21. The lowest BCUT2D eigenvalue weighted by atomic mass is 10.3. The predicted molar refractivity (Wildman–Crippen MR) is 88.9 cm³/mol. The molecule has 0 aliphatic rings. The fourth-order valence-corrected chi connectivity index (χ4v) is 2.23. The van der Waals surface area contributed by atoms with Gasteiger partial charge in [0.15, 0.2) is 0 Å². The molecule has 0 aliphatic heterocycles. The summed E-state index contributed by atoms with van der Waals surface area (Å²) in [6, 6.07) is 9.74. The van der Waals surface area contributed by atoms with Gasteiger partial charge in [0.05, 0.1) is 5.69 Å². The summed E-state index contributed by atoms with van der Waals surface area (Å²) in [4.78, 5) is 13.0. The molecule has 3 rings (SSSR count). The highest BCUT2D eigenvalue weighted by atomic mass is 127. The minimum absolute atomic E-state index is 0.452. The maximum atomic E-state index is 4.38. The molecule has 0 atom stereocenters. The number of aromatic nitrogens is 5. The van der Waals surface area contributed by atoms with E-state index in [4.69, 9.17) is 0 Å². The van der Waals surface area contributed by atoms with E-state index in [0.29, 0.717) is 17.8 Å². The average molecular weight is 393 g/mol. The summed E-state index contributed by atoms with van der Waals surface area (Å²) in [5, 5.41) is 10.3. The number of benzene rings is 1. The van der Waals surface area contributed by atoms with E-state index in [-0.39, 0.29) is 0 Å². The molecule has 21 heavy (non-hydrogen) atoms. The van der Waals surface area contributed by atoms with Gasteiger partial charge in [0.2, 0.25) is 11.9 Å². The zero-order chi connectivity index (χ0) is 14.7. The van der Waals surface area contributed by atoms with Crippen molar-refractivity contribution in [3.8, 4) is 5.95 Å². The zero-order valence-electron chi connectivity index (χ0n) is 11.2. The van der Waals surface area contributed by atoms with Gasteiger partial charge < -0.3 is 10.6 Å². The number of halogens is 1. The van der Waals surface area contributed by atoms with Crippen molar-refractivity contribution in [2.45, 2.75) is 0 Å². The topological polar surface area (TPSA) is 80.5 Å². The number of rotatable bonds is 4. The van der Waals surface area contributed by atoms with Crippen molar-refractivity contribution < 1.29 is 0 Å². The lowest BCUT2D eigenvalue weighted by molar-refractivity contribution is 0.800. The molecule has 0 bridgehead atoms. The third-order valence-electron chi connectivity index (χ3n) is 2.68. The second-order valence-electron chi connectivity index (χ2n) is 4.09. The fraction of sp³-hybridized carbons (Fsp3) is 0.0769. The lowest BCUT2D eigenvalue weighted by Crippen LogP contribution is -2.09. The van der Waals surface area contributed by atoms with Gasteiger partial charge in [0.1, 0.15) is 0 Å². The number of hydrogen-bond donors (Lipinski definition) is 2. The first-order chi connectivity index (χ1) is 10.3. The number of nitrogens with zero attached hydrogens (tertiary/aromatic N) is 5. The maximum absolute atomic E-state index is 4.38. The summed E-state index contributed by atoms with van der Waals surface area (Å²) in [5.41, 5.74) is 0.942. The van der Waals surface area contributed by atoms with Crippen LogP contribution in [0.1, 0.15) is 0 Å². The molecule has 0 amide bonds. The molecule has 7 nitrogen and oxygen atoms in total. The van der Waals surface area contributed by atoms with Crippen LogP contribution in [0.3, 0.4) is 0 Å². The highest BCUT2D eigenvalue weighted by Gasteiger charge is 2.09. The molecule has 2 heterocycles. The number of hydrogen-bond acceptors (Lipinski definition) is 6. The van der Waals surface area contributed by atoms with E-state index >= 15 is 0 Å². The van der Waals surface area contributed by atoms with Gasteiger partial charge >= 0.3 is 0 Å². The van der Waals surface area contributed by atoms with Crippen LogP contribution in [-0.4, -0.2) is 31.8 Å². The van der Waals surface area contributed by atoms with Crippen LogP contribution < -0.4 is 10.6 Å². The van der Waals surface area contributed by atoms with Crippen molar-refractivity contribution in [1.82, 2.24) is 24.7 Å². The Morgan fingerprint density at radius 3 is 2.57 bits per heavy atom. The Kier molecular flexibility index (Phi) is 3.95. The molecule has 2 aromatic heterocycles. The summed E-state index contributed by atoms with van der Waals surface area (Å²) in [5.74, 6) is 1.39. The average Bonchev–Trinajstić information content (AvgIpc) is 3.04. The first kappa shape index (κ1) is 13.7. The minimum Gasteiger partial charge on any atom is -0.357 e. The predicted octanol–water partition coefficient (Wildman–Crippen LogP) is 2.45. The van der Waals surface area contributed by atoms with E-state index < -0.39 is 0 Å². The van der Waals surface area contributed by atoms with Gasteiger partial charge in [-0.05, 0) is 40.8 Å². The Bertz CT molecular complexity index is 742. The van der Waals surface area contributed by atoms with Gasteiger partial charge in [0, 0.05) is 23.0 Å². The summed E-state index contributed by atoms with van der Waals surface area (Å²) in [7, 11) is 1.76. The largest absolute Gasteiger partial charge is 0.357 e. The van der Waals surface area contributed by atoms with Crippen LogP contribution in [0.25, 0.3) is 5.95 Å². The Hall–Kier alpha value is -2.23. The van der Waals surface area contributed by atoms with Crippen LogP contribution >= 0.6 is 22.6 Å². The lowest BCUT2D eigenvalue weighted by Gasteiger charge is -2.09. The normalized spacial score (nSPS) is 10.4. The maximum Gasteiger partial charge on any atom is 0.257 e. The molecule has 0 fully saturated rings. The van der Waals surface area contributed by atoms with Gasteiger partial charge in [-0.25, -0.2) is 4.68 Å². The van der Waals surface area contributed by atoms with Crippen LogP contribution in [0.15, 0.2) is 42.7 Å². The Labute approximate surface area is 135 Å². The van der Waals surface area contributed by atoms with Gasteiger partial charge in [-0.15, -0.1) is 0 Å². The molecule has 0 spiro atoms. The summed E-state index contributed by atoms with van der Waals surface area (Å²) in [6.07, 6.45) is 3.46. The van der Waals surface area contributed by atoms with Crippen LogP contribution in [0.2, 0.25) is 0 Å². The SMILES string of the molecule is CNc1nc(Nc2ccccc2I)nc(-n2cccn2)n1. The van der Waals surface area contributed by atoms with Gasteiger partial charge in [0.25, 0.3) is 5.95 Å². The van der Waals surface area contributed by atoms with Crippen molar-refractivity contribution in [1.29, 1.82) is 0 Å². The van der Waals surface area contributed by atoms with E-state index in [0.717, 1.165) is 9.26 Å². The van der Waals surface area contributed by atoms with Gasteiger partial charge in [-0.3, -0.25) is 0 Å². The van der Waals surface area contributed by atoms with E-state index in [1.165, 1.54) is 0 Å². The van der Waals surface area contributed by atoms with Crippen molar-refractivity contribution in [3.05, 3.63) is 46.3 Å². The third-order valence-corrected chi connectivity index (χ3v) is 3.62. The quantitative estimate of drug-likeness (QED) is 0.663. The molecule has 8 heteroatoms. The van der Waals surface area contributed by atoms with Crippen molar-refractivity contribution in [2.75, 3.05) is 17.7 Å². The fourth-order valence-electron chi connectivity index (χ4n) is 1.71. The van der Waals surface area contributed by atoms with Crippen molar-refractivity contribution in [2.24, 2.45) is 0 Å². The molecule has 0 saturated heterocycles. The first-order valence-corrected chi connectivity index (χ1v) is 7.29. The molecule has 0 radical (unpaired) electrons. The molecule has 3 aromatic rings. The third kappa shape index (κ3) is 3.10. The molecule has 1 aromatic carbocycles. The molecule has 0 saturated carbocycles. The number of para-hydroxylation sites is 1. The van der Waals surface area contributed by atoms with Gasteiger partial charge in [-0.2, -0.15) is 20.1 Å². The summed E-state index contributed by atoms with van der Waals surface area (Å²) >= 11 is 2.26. The van der Waals surface area contributed by atoms with E-state index in [9.17, 15) is 0 Å². The highest BCUT2D eigenvalue weighted by Crippen LogP contribution is 2.21. The second kappa shape index (κ2) is 6.04. The molecule has 0 unspecified atom stereocenters. The second-order valence-corrected chi connectivity index (χ2v) is 5.25. The molecule has 106 valence electrons. The van der Waals surface area contributed by atoms with Gasteiger partial charge in [-0.1, -0.05) is 12.1 Å². The highest BCUT2D eigenvalue weighted by molar-refractivity contribution is 14.1. The van der Waals surface area contributed by atoms with Crippen LogP contribution in [0.4, 0.5) is 17.6 Å². The van der Waals surface area contributed by atoms with Crippen LogP contribution in [0.5, 0.6) is 0 Å². The minimum atomic E-state index is 0.452. The number of anilines is 3.